The van der Waals surface area contributed by atoms with E-state index in [1.54, 1.807) is 17.6 Å². The van der Waals surface area contributed by atoms with E-state index in [1.165, 1.54) is 16.0 Å². The fraction of sp³-hybridized carbons (Fsp3) is 0.133. The molecule has 0 aliphatic rings. The Hall–Kier alpha value is -1.91. The summed E-state index contributed by atoms with van der Waals surface area (Å²) in [6.45, 7) is 1.58. The van der Waals surface area contributed by atoms with Crippen LogP contribution < -0.4 is 5.32 Å². The van der Waals surface area contributed by atoms with Gasteiger partial charge in [0.25, 0.3) is 0 Å². The molecule has 19 heavy (non-hydrogen) atoms. The number of nitrogens with one attached hydrogen (secondary N) is 1. The molecule has 3 rings (SSSR count). The summed E-state index contributed by atoms with van der Waals surface area (Å²) in [6.07, 6.45) is 1.59. The van der Waals surface area contributed by atoms with Gasteiger partial charge in [-0.05, 0) is 22.6 Å². The van der Waals surface area contributed by atoms with Crippen LogP contribution in [-0.2, 0) is 13.1 Å². The van der Waals surface area contributed by atoms with E-state index in [0.29, 0.717) is 0 Å². The maximum absolute atomic E-state index is 4.79. The average molecular weight is 270 g/mol. The fourth-order valence-corrected chi connectivity index (χ4v) is 2.76. The summed E-state index contributed by atoms with van der Waals surface area (Å²) < 4.78 is 4.79. The van der Waals surface area contributed by atoms with E-state index >= 15 is 0 Å². The van der Waals surface area contributed by atoms with E-state index in [9.17, 15) is 0 Å². The Morgan fingerprint density at radius 1 is 1.05 bits per heavy atom. The molecule has 3 aromatic rings. The maximum Gasteiger partial charge on any atom is 0.124 e. The van der Waals surface area contributed by atoms with Gasteiger partial charge in [-0.3, -0.25) is 0 Å². The van der Waals surface area contributed by atoms with Gasteiger partial charge in [0.2, 0.25) is 0 Å². The molecule has 3 nitrogen and oxygen atoms in total. The van der Waals surface area contributed by atoms with Crippen LogP contribution in [0.1, 0.15) is 10.6 Å². The highest BCUT2D eigenvalue weighted by molar-refractivity contribution is 7.10. The van der Waals surface area contributed by atoms with Crippen molar-refractivity contribution >= 4 is 11.3 Å². The Kier molecular flexibility index (Phi) is 3.72. The fourth-order valence-electron chi connectivity index (χ4n) is 1.90. The van der Waals surface area contributed by atoms with Crippen LogP contribution in [0.2, 0.25) is 0 Å². The molecule has 0 aliphatic heterocycles. The normalized spacial score (nSPS) is 10.7. The smallest absolute Gasteiger partial charge is 0.124 e. The summed E-state index contributed by atoms with van der Waals surface area (Å²) in [7, 11) is 0. The van der Waals surface area contributed by atoms with Crippen molar-refractivity contribution in [3.8, 4) is 11.1 Å². The van der Waals surface area contributed by atoms with Crippen molar-refractivity contribution in [1.82, 2.24) is 10.5 Å². The lowest BCUT2D eigenvalue weighted by Crippen LogP contribution is -2.11. The number of nitrogens with zero attached hydrogens (tertiary/aromatic N) is 1. The summed E-state index contributed by atoms with van der Waals surface area (Å²) in [5.74, 6) is 0. The van der Waals surface area contributed by atoms with Gasteiger partial charge in [0.15, 0.2) is 0 Å². The van der Waals surface area contributed by atoms with Gasteiger partial charge in [0, 0.05) is 24.0 Å². The third-order valence-electron chi connectivity index (χ3n) is 2.86. The van der Waals surface area contributed by atoms with Gasteiger partial charge in [-0.2, -0.15) is 0 Å². The Labute approximate surface area is 115 Å². The molecular formula is C15H14N2OS. The van der Waals surface area contributed by atoms with Crippen molar-refractivity contribution in [3.63, 3.8) is 0 Å². The molecule has 0 radical (unpaired) electrons. The number of thiophene rings is 1. The molecule has 0 spiro atoms. The molecule has 0 unspecified atom stereocenters. The van der Waals surface area contributed by atoms with Crippen molar-refractivity contribution in [1.29, 1.82) is 0 Å². The van der Waals surface area contributed by atoms with E-state index in [0.717, 1.165) is 18.8 Å². The zero-order chi connectivity index (χ0) is 12.9. The van der Waals surface area contributed by atoms with Gasteiger partial charge in [-0.15, -0.1) is 11.3 Å². The number of rotatable bonds is 5. The lowest BCUT2D eigenvalue weighted by Gasteiger charge is -1.99. The second-order valence-corrected chi connectivity index (χ2v) is 5.26. The highest BCUT2D eigenvalue weighted by atomic mass is 32.1. The molecule has 0 fully saturated rings. The van der Waals surface area contributed by atoms with E-state index in [2.05, 4.69) is 46.2 Å². The SMILES string of the molecule is c1ccc(-c2csc(CNCc3ccon3)c2)cc1. The zero-order valence-corrected chi connectivity index (χ0v) is 11.2. The molecule has 0 saturated heterocycles. The Morgan fingerprint density at radius 2 is 1.95 bits per heavy atom. The minimum atomic E-state index is 0.731. The van der Waals surface area contributed by atoms with Crippen LogP contribution in [-0.4, -0.2) is 5.16 Å². The molecule has 4 heteroatoms. The van der Waals surface area contributed by atoms with Crippen LogP contribution in [0.25, 0.3) is 11.1 Å². The summed E-state index contributed by atoms with van der Waals surface area (Å²) >= 11 is 1.78. The number of aromatic nitrogens is 1. The summed E-state index contributed by atoms with van der Waals surface area (Å²) in [4.78, 5) is 1.32. The Bertz CT molecular complexity index is 617. The topological polar surface area (TPSA) is 38.1 Å². The first-order chi connectivity index (χ1) is 9.42. The summed E-state index contributed by atoms with van der Waals surface area (Å²) in [5.41, 5.74) is 3.48. The maximum atomic E-state index is 4.79. The molecule has 1 N–H and O–H groups in total. The van der Waals surface area contributed by atoms with Gasteiger partial charge >= 0.3 is 0 Å². The second kappa shape index (κ2) is 5.82. The zero-order valence-electron chi connectivity index (χ0n) is 10.4. The predicted octanol–water partition coefficient (Wildman–Crippen LogP) is 3.69. The first kappa shape index (κ1) is 12.1. The van der Waals surface area contributed by atoms with Crippen molar-refractivity contribution in [2.75, 3.05) is 0 Å². The predicted molar refractivity (Wildman–Crippen MR) is 76.8 cm³/mol. The number of hydrogen-bond acceptors (Lipinski definition) is 4. The highest BCUT2D eigenvalue weighted by Crippen LogP contribution is 2.25. The quantitative estimate of drug-likeness (QED) is 0.768. The number of benzene rings is 1. The van der Waals surface area contributed by atoms with Gasteiger partial charge in [0.05, 0.1) is 5.69 Å². The van der Waals surface area contributed by atoms with Crippen molar-refractivity contribution < 1.29 is 4.52 Å². The van der Waals surface area contributed by atoms with Crippen LogP contribution >= 0.6 is 11.3 Å². The Morgan fingerprint density at radius 3 is 2.74 bits per heavy atom. The molecule has 2 heterocycles. The lowest BCUT2D eigenvalue weighted by molar-refractivity contribution is 0.408. The third-order valence-corrected chi connectivity index (χ3v) is 3.79. The van der Waals surface area contributed by atoms with Crippen LogP contribution in [0, 0.1) is 0 Å². The summed E-state index contributed by atoms with van der Waals surface area (Å²) in [6, 6.07) is 14.5. The minimum Gasteiger partial charge on any atom is -0.364 e. The first-order valence-corrected chi connectivity index (χ1v) is 7.02. The van der Waals surface area contributed by atoms with Gasteiger partial charge in [-0.1, -0.05) is 35.5 Å². The first-order valence-electron chi connectivity index (χ1n) is 6.14. The van der Waals surface area contributed by atoms with E-state index in [-0.39, 0.29) is 0 Å². The van der Waals surface area contributed by atoms with Gasteiger partial charge in [0.1, 0.15) is 6.26 Å². The van der Waals surface area contributed by atoms with Crippen molar-refractivity contribution in [2.24, 2.45) is 0 Å². The molecule has 0 aliphatic carbocycles. The molecule has 1 aromatic carbocycles. The number of hydrogen-bond donors (Lipinski definition) is 1. The van der Waals surface area contributed by atoms with Gasteiger partial charge < -0.3 is 9.84 Å². The molecule has 96 valence electrons. The van der Waals surface area contributed by atoms with Crippen LogP contribution in [0.5, 0.6) is 0 Å². The van der Waals surface area contributed by atoms with E-state index in [1.807, 2.05) is 12.1 Å². The molecule has 0 amide bonds. The molecular weight excluding hydrogens is 256 g/mol. The van der Waals surface area contributed by atoms with Crippen LogP contribution in [0.3, 0.4) is 0 Å². The monoisotopic (exact) mass is 270 g/mol. The van der Waals surface area contributed by atoms with Crippen LogP contribution in [0.4, 0.5) is 0 Å². The molecule has 0 bridgehead atoms. The lowest BCUT2D eigenvalue weighted by atomic mass is 10.1. The van der Waals surface area contributed by atoms with E-state index < -0.39 is 0 Å². The van der Waals surface area contributed by atoms with Crippen LogP contribution in [0.15, 0.2) is 58.6 Å². The largest absolute Gasteiger partial charge is 0.364 e. The average Bonchev–Trinajstić information content (AvgIpc) is 3.11. The highest BCUT2D eigenvalue weighted by Gasteiger charge is 2.02. The van der Waals surface area contributed by atoms with Crippen molar-refractivity contribution in [2.45, 2.75) is 13.1 Å². The van der Waals surface area contributed by atoms with Gasteiger partial charge in [-0.25, -0.2) is 0 Å². The minimum absolute atomic E-state index is 0.731. The molecule has 2 aromatic heterocycles. The Balaban J connectivity index is 1.59. The van der Waals surface area contributed by atoms with Crippen molar-refractivity contribution in [3.05, 3.63) is 64.7 Å². The summed E-state index contributed by atoms with van der Waals surface area (Å²) in [5, 5.41) is 9.42. The van der Waals surface area contributed by atoms with E-state index in [4.69, 9.17) is 4.52 Å². The standard InChI is InChI=1S/C15H14N2OS/c1-2-4-12(5-3-1)13-8-15(19-11-13)10-16-9-14-6-7-18-17-14/h1-8,11,16H,9-10H2. The molecule has 0 saturated carbocycles. The second-order valence-electron chi connectivity index (χ2n) is 4.26. The third kappa shape index (κ3) is 3.10. The molecule has 0 atom stereocenters.